The van der Waals surface area contributed by atoms with Gasteiger partial charge in [0.1, 0.15) is 6.29 Å². The Bertz CT molecular complexity index is 604. The summed E-state index contributed by atoms with van der Waals surface area (Å²) < 4.78 is 5.75. The molecule has 2 N–H and O–H groups in total. The molecule has 0 aromatic heterocycles. The Balaban J connectivity index is 0.000000745. The Labute approximate surface area is 186 Å². The molecule has 1 fully saturated rings. The lowest BCUT2D eigenvalue weighted by Crippen LogP contribution is -2.47. The van der Waals surface area contributed by atoms with Gasteiger partial charge in [-0.25, -0.2) is 0 Å². The van der Waals surface area contributed by atoms with Gasteiger partial charge in [0.25, 0.3) is 11.8 Å². The maximum absolute atomic E-state index is 12.3. The van der Waals surface area contributed by atoms with Crippen molar-refractivity contribution >= 4 is 24.0 Å². The van der Waals surface area contributed by atoms with Crippen molar-refractivity contribution in [3.63, 3.8) is 0 Å². The van der Waals surface area contributed by atoms with E-state index in [0.717, 1.165) is 37.6 Å². The van der Waals surface area contributed by atoms with Crippen LogP contribution >= 0.6 is 0 Å². The number of carbonyl (C=O) groups excluding carboxylic acids is 4. The minimum atomic E-state index is -0.425. The molecule has 1 saturated carbocycles. The third kappa shape index (κ3) is 11.8. The van der Waals surface area contributed by atoms with Gasteiger partial charge in [0, 0.05) is 50.8 Å². The molecule has 1 aliphatic heterocycles. The van der Waals surface area contributed by atoms with Gasteiger partial charge in [-0.3, -0.25) is 19.3 Å². The number of aliphatic hydroxyl groups excluding tert-OH is 1. The van der Waals surface area contributed by atoms with Gasteiger partial charge in [0.05, 0.1) is 5.60 Å². The molecule has 3 amide bonds. The third-order valence-electron chi connectivity index (χ3n) is 5.26. The van der Waals surface area contributed by atoms with Crippen LogP contribution in [0.3, 0.4) is 0 Å². The molecule has 8 nitrogen and oxygen atoms in total. The Kier molecular flexibility index (Phi) is 13.2. The molecule has 0 unspecified atom stereocenters. The van der Waals surface area contributed by atoms with E-state index >= 15 is 0 Å². The summed E-state index contributed by atoms with van der Waals surface area (Å²) in [4.78, 5) is 44.7. The van der Waals surface area contributed by atoms with Crippen LogP contribution in [0.15, 0.2) is 12.2 Å². The minimum Gasteiger partial charge on any atom is -0.400 e. The predicted octanol–water partition coefficient (Wildman–Crippen LogP) is 2.39. The van der Waals surface area contributed by atoms with Crippen LogP contribution in [0.5, 0.6) is 0 Å². The van der Waals surface area contributed by atoms with Gasteiger partial charge < -0.3 is 20.0 Å². The molecule has 2 rings (SSSR count). The Hall–Kier alpha value is -2.06. The molecule has 0 saturated heterocycles. The molecule has 8 heteroatoms. The van der Waals surface area contributed by atoms with E-state index in [2.05, 4.69) is 5.32 Å². The number of nitrogens with one attached hydrogen (secondary N) is 1. The fraction of sp³-hybridized carbons (Fsp3) is 0.739. The normalized spacial score (nSPS) is 16.8. The lowest BCUT2D eigenvalue weighted by atomic mass is 9.87. The van der Waals surface area contributed by atoms with Crippen molar-refractivity contribution in [2.45, 2.75) is 83.8 Å². The number of likely N-dealkylation sites (N-methyl/N-ethyl adjacent to an activating group) is 1. The number of rotatable bonds is 8. The Morgan fingerprint density at radius 3 is 2.06 bits per heavy atom. The predicted molar refractivity (Wildman–Crippen MR) is 119 cm³/mol. The maximum atomic E-state index is 12.3. The second-order valence-electron chi connectivity index (χ2n) is 9.01. The van der Waals surface area contributed by atoms with E-state index in [0.29, 0.717) is 13.0 Å². The highest BCUT2D eigenvalue weighted by atomic mass is 16.5. The number of aldehydes is 1. The van der Waals surface area contributed by atoms with Crippen LogP contribution < -0.4 is 5.32 Å². The van der Waals surface area contributed by atoms with Crippen molar-refractivity contribution in [2.75, 3.05) is 20.8 Å². The van der Waals surface area contributed by atoms with Crippen molar-refractivity contribution in [1.82, 2.24) is 10.2 Å². The first-order chi connectivity index (χ1) is 14.5. The summed E-state index contributed by atoms with van der Waals surface area (Å²) in [6.45, 7) is 8.43. The summed E-state index contributed by atoms with van der Waals surface area (Å²) in [6, 6.07) is 0. The molecule has 0 atom stereocenters. The second-order valence-corrected chi connectivity index (χ2v) is 9.01. The van der Waals surface area contributed by atoms with E-state index < -0.39 is 5.60 Å². The average molecular weight is 441 g/mol. The first kappa shape index (κ1) is 28.9. The van der Waals surface area contributed by atoms with E-state index in [-0.39, 0.29) is 29.2 Å². The van der Waals surface area contributed by atoms with E-state index in [9.17, 15) is 19.2 Å². The number of hydrogen-bond acceptors (Lipinski definition) is 6. The van der Waals surface area contributed by atoms with Crippen LogP contribution in [0.2, 0.25) is 0 Å². The van der Waals surface area contributed by atoms with Crippen LogP contribution in [0.25, 0.3) is 0 Å². The number of imide groups is 1. The van der Waals surface area contributed by atoms with Crippen LogP contribution in [0, 0.1) is 5.92 Å². The van der Waals surface area contributed by atoms with Crippen molar-refractivity contribution in [2.24, 2.45) is 5.92 Å². The SMILES string of the molecule is CC(C)(CCOC(C)(C)CC=O)NC(=O)C1CCCCC1.CN1C(=O)C=CC1=O.CO. The molecule has 0 bridgehead atoms. The number of ether oxygens (including phenoxy) is 1. The molecule has 0 aromatic carbocycles. The molecule has 0 spiro atoms. The number of nitrogens with zero attached hydrogens (tertiary/aromatic N) is 1. The van der Waals surface area contributed by atoms with Gasteiger partial charge in [-0.1, -0.05) is 19.3 Å². The van der Waals surface area contributed by atoms with Crippen LogP contribution in [0.4, 0.5) is 0 Å². The van der Waals surface area contributed by atoms with Gasteiger partial charge in [-0.05, 0) is 47.0 Å². The van der Waals surface area contributed by atoms with Gasteiger partial charge >= 0.3 is 0 Å². The number of aliphatic hydroxyl groups is 1. The van der Waals surface area contributed by atoms with Crippen molar-refractivity contribution < 1.29 is 29.0 Å². The van der Waals surface area contributed by atoms with Crippen molar-refractivity contribution in [1.29, 1.82) is 0 Å². The zero-order chi connectivity index (χ0) is 24.1. The van der Waals surface area contributed by atoms with Crippen molar-refractivity contribution in [3.05, 3.63) is 12.2 Å². The lowest BCUT2D eigenvalue weighted by Gasteiger charge is -2.31. The summed E-state index contributed by atoms with van der Waals surface area (Å²) in [5.41, 5.74) is -0.697. The van der Waals surface area contributed by atoms with Gasteiger partial charge in [0.15, 0.2) is 0 Å². The molecule has 0 aromatic rings. The fourth-order valence-electron chi connectivity index (χ4n) is 3.18. The van der Waals surface area contributed by atoms with Crippen LogP contribution in [0.1, 0.15) is 72.6 Å². The van der Waals surface area contributed by atoms with E-state index in [1.54, 1.807) is 0 Å². The average Bonchev–Trinajstić information content (AvgIpc) is 3.01. The van der Waals surface area contributed by atoms with E-state index in [1.165, 1.54) is 38.5 Å². The lowest BCUT2D eigenvalue weighted by molar-refractivity contribution is -0.135. The highest BCUT2D eigenvalue weighted by Crippen LogP contribution is 2.25. The summed E-state index contributed by atoms with van der Waals surface area (Å²) >= 11 is 0. The first-order valence-electron chi connectivity index (χ1n) is 10.8. The van der Waals surface area contributed by atoms with Gasteiger partial charge in [-0.2, -0.15) is 0 Å². The topological polar surface area (TPSA) is 113 Å². The third-order valence-corrected chi connectivity index (χ3v) is 5.26. The number of amides is 3. The summed E-state index contributed by atoms with van der Waals surface area (Å²) in [7, 11) is 2.45. The summed E-state index contributed by atoms with van der Waals surface area (Å²) in [5.74, 6) is -0.109. The molecular weight excluding hydrogens is 400 g/mol. The fourth-order valence-corrected chi connectivity index (χ4v) is 3.18. The molecular formula is C23H40N2O6. The van der Waals surface area contributed by atoms with Gasteiger partial charge in [0.2, 0.25) is 5.91 Å². The zero-order valence-corrected chi connectivity index (χ0v) is 19.9. The van der Waals surface area contributed by atoms with E-state index in [4.69, 9.17) is 9.84 Å². The standard InChI is InChI=1S/C17H31NO3.C5H5NO2.CH4O/c1-16(2,11-13-21-17(3,4)10-12-19)18-15(20)14-8-6-5-7-9-14;1-6-4(7)2-3-5(6)8;1-2/h12,14H,5-11,13H2,1-4H3,(H,18,20);2-3H,1H3;2H,1H3. The van der Waals surface area contributed by atoms with E-state index in [1.807, 2.05) is 27.7 Å². The highest BCUT2D eigenvalue weighted by Gasteiger charge is 2.27. The summed E-state index contributed by atoms with van der Waals surface area (Å²) in [6.07, 6.45) is 10.2. The van der Waals surface area contributed by atoms with Crippen molar-refractivity contribution in [3.8, 4) is 0 Å². The van der Waals surface area contributed by atoms with Gasteiger partial charge in [-0.15, -0.1) is 0 Å². The van der Waals surface area contributed by atoms with Crippen LogP contribution in [-0.4, -0.2) is 65.9 Å². The Morgan fingerprint density at radius 1 is 1.13 bits per heavy atom. The molecule has 0 radical (unpaired) electrons. The number of carbonyl (C=O) groups is 4. The zero-order valence-electron chi connectivity index (χ0n) is 19.9. The molecule has 1 aliphatic carbocycles. The molecule has 178 valence electrons. The highest BCUT2D eigenvalue weighted by molar-refractivity contribution is 6.12. The Morgan fingerprint density at radius 2 is 1.65 bits per heavy atom. The molecule has 31 heavy (non-hydrogen) atoms. The number of hydrogen-bond donors (Lipinski definition) is 2. The second kappa shape index (κ2) is 14.1. The molecule has 2 aliphatic rings. The summed E-state index contributed by atoms with van der Waals surface area (Å²) in [5, 5.41) is 10.2. The largest absolute Gasteiger partial charge is 0.400 e. The molecule has 1 heterocycles. The quantitative estimate of drug-likeness (QED) is 0.443. The first-order valence-corrected chi connectivity index (χ1v) is 10.8. The smallest absolute Gasteiger partial charge is 0.253 e. The van der Waals surface area contributed by atoms with Crippen LogP contribution in [-0.2, 0) is 23.9 Å². The maximum Gasteiger partial charge on any atom is 0.253 e. The minimum absolute atomic E-state index is 0.186. The monoisotopic (exact) mass is 440 g/mol.